The maximum Gasteiger partial charge on any atom is 0.184 e. The molecule has 0 heterocycles. The zero-order chi connectivity index (χ0) is 24.8. The molecular weight excluding hydrogens is 432 g/mol. The van der Waals surface area contributed by atoms with Gasteiger partial charge in [0, 0.05) is 11.3 Å². The van der Waals surface area contributed by atoms with Crippen molar-refractivity contribution in [3.8, 4) is 45.3 Å². The van der Waals surface area contributed by atoms with Crippen molar-refractivity contribution in [1.29, 1.82) is 0 Å². The van der Waals surface area contributed by atoms with E-state index in [9.17, 15) is 10.2 Å². The van der Waals surface area contributed by atoms with Gasteiger partial charge in [-0.25, -0.2) is 0 Å². The third-order valence-corrected chi connectivity index (χ3v) is 5.17. The maximum atomic E-state index is 9.47. The summed E-state index contributed by atoms with van der Waals surface area (Å²) in [6, 6.07) is 21.1. The van der Waals surface area contributed by atoms with Gasteiger partial charge in [-0.3, -0.25) is 0 Å². The number of phenolic OH excluding ortho intramolecular Hbond substituents is 2. The Labute approximate surface area is 198 Å². The Kier molecular flexibility index (Phi) is 7.23. The third kappa shape index (κ3) is 5.18. The third-order valence-electron chi connectivity index (χ3n) is 5.17. The lowest BCUT2D eigenvalue weighted by molar-refractivity contribution is 0.358. The van der Waals surface area contributed by atoms with E-state index in [1.807, 2.05) is 30.3 Å². The first-order chi connectivity index (χ1) is 16.2. The SMILES string of the molecule is COc1c(N)ccc(-c2ccc(N)cc2)c1OC.Nc1ccc(-c2ccc(N)c(O)c2)cc1O. The van der Waals surface area contributed by atoms with Crippen molar-refractivity contribution in [1.82, 2.24) is 0 Å². The average molecular weight is 461 g/mol. The average Bonchev–Trinajstić information content (AvgIpc) is 2.83. The molecule has 4 rings (SSSR count). The summed E-state index contributed by atoms with van der Waals surface area (Å²) in [6.07, 6.45) is 0. The van der Waals surface area contributed by atoms with E-state index >= 15 is 0 Å². The van der Waals surface area contributed by atoms with Crippen LogP contribution < -0.4 is 32.4 Å². The predicted molar refractivity (Wildman–Crippen MR) is 138 cm³/mol. The molecular formula is C26H28N4O4. The van der Waals surface area contributed by atoms with E-state index in [-0.39, 0.29) is 11.5 Å². The van der Waals surface area contributed by atoms with Crippen molar-refractivity contribution in [2.24, 2.45) is 0 Å². The fourth-order valence-corrected chi connectivity index (χ4v) is 3.33. The second-order valence-electron chi connectivity index (χ2n) is 7.44. The van der Waals surface area contributed by atoms with Crippen molar-refractivity contribution in [2.45, 2.75) is 0 Å². The highest BCUT2D eigenvalue weighted by Gasteiger charge is 2.14. The van der Waals surface area contributed by atoms with E-state index in [2.05, 4.69) is 0 Å². The van der Waals surface area contributed by atoms with Crippen LogP contribution in [-0.2, 0) is 0 Å². The standard InChI is InChI=1S/C14H16N2O2.C12H12N2O2/c1-17-13-11(7-8-12(16)14(13)18-2)9-3-5-10(15)6-4-9;13-9-3-1-7(5-11(9)15)8-2-4-10(14)12(16)6-8/h3-8H,15-16H2,1-2H3;1-6,15-16H,13-14H2. The summed E-state index contributed by atoms with van der Waals surface area (Å²) in [7, 11) is 3.17. The number of nitrogen functional groups attached to an aromatic ring is 4. The number of nitrogens with two attached hydrogens (primary N) is 4. The van der Waals surface area contributed by atoms with Crippen molar-refractivity contribution >= 4 is 22.7 Å². The number of rotatable bonds is 4. The number of hydrogen-bond acceptors (Lipinski definition) is 8. The molecule has 0 aliphatic heterocycles. The smallest absolute Gasteiger partial charge is 0.184 e. The summed E-state index contributed by atoms with van der Waals surface area (Å²) in [5, 5.41) is 18.9. The van der Waals surface area contributed by atoms with Gasteiger partial charge in [-0.1, -0.05) is 24.3 Å². The summed E-state index contributed by atoms with van der Waals surface area (Å²) < 4.78 is 10.7. The number of benzene rings is 4. The van der Waals surface area contributed by atoms with Gasteiger partial charge in [-0.15, -0.1) is 0 Å². The molecule has 0 amide bonds. The summed E-state index contributed by atoms with van der Waals surface area (Å²) in [4.78, 5) is 0. The minimum atomic E-state index is 0.0221. The van der Waals surface area contributed by atoms with E-state index in [1.54, 1.807) is 56.7 Å². The van der Waals surface area contributed by atoms with E-state index in [4.69, 9.17) is 32.4 Å². The molecule has 0 aromatic heterocycles. The van der Waals surface area contributed by atoms with Gasteiger partial charge < -0.3 is 42.6 Å². The molecule has 0 aliphatic carbocycles. The van der Waals surface area contributed by atoms with E-state index in [1.165, 1.54) is 0 Å². The van der Waals surface area contributed by atoms with Gasteiger partial charge in [0.25, 0.3) is 0 Å². The maximum absolute atomic E-state index is 9.47. The number of hydrogen-bond donors (Lipinski definition) is 6. The van der Waals surface area contributed by atoms with Crippen LogP contribution in [0.25, 0.3) is 22.3 Å². The van der Waals surface area contributed by atoms with Crippen molar-refractivity contribution in [3.05, 3.63) is 72.8 Å². The second-order valence-corrected chi connectivity index (χ2v) is 7.44. The Hall–Kier alpha value is -4.72. The van der Waals surface area contributed by atoms with Gasteiger partial charge in [-0.05, 0) is 65.2 Å². The zero-order valence-electron chi connectivity index (χ0n) is 18.9. The van der Waals surface area contributed by atoms with Crippen LogP contribution in [0.4, 0.5) is 22.7 Å². The minimum Gasteiger partial charge on any atom is -0.506 e. The molecule has 0 unspecified atom stereocenters. The monoisotopic (exact) mass is 460 g/mol. The number of ether oxygens (including phenoxy) is 2. The topological polar surface area (TPSA) is 163 Å². The molecule has 176 valence electrons. The first-order valence-electron chi connectivity index (χ1n) is 10.3. The number of phenols is 2. The van der Waals surface area contributed by atoms with Crippen LogP contribution in [0.3, 0.4) is 0 Å². The number of aromatic hydroxyl groups is 2. The highest BCUT2D eigenvalue weighted by molar-refractivity contribution is 5.79. The molecule has 0 saturated heterocycles. The molecule has 0 spiro atoms. The molecule has 0 saturated carbocycles. The van der Waals surface area contributed by atoms with Gasteiger partial charge in [-0.2, -0.15) is 0 Å². The Morgan fingerprint density at radius 2 is 0.971 bits per heavy atom. The van der Waals surface area contributed by atoms with E-state index in [0.29, 0.717) is 28.6 Å². The lowest BCUT2D eigenvalue weighted by Gasteiger charge is -2.14. The van der Waals surface area contributed by atoms with Crippen LogP contribution in [-0.4, -0.2) is 24.4 Å². The van der Waals surface area contributed by atoms with Gasteiger partial charge in [0.15, 0.2) is 11.5 Å². The molecule has 0 aliphatic rings. The predicted octanol–water partition coefficient (Wildman–Crippen LogP) is 4.46. The van der Waals surface area contributed by atoms with Crippen LogP contribution >= 0.6 is 0 Å². The Morgan fingerprint density at radius 1 is 0.529 bits per heavy atom. The summed E-state index contributed by atoms with van der Waals surface area (Å²) in [5.41, 5.74) is 27.9. The van der Waals surface area contributed by atoms with Crippen LogP contribution in [0.2, 0.25) is 0 Å². The van der Waals surface area contributed by atoms with E-state index in [0.717, 1.165) is 27.9 Å². The largest absolute Gasteiger partial charge is 0.506 e. The molecule has 8 nitrogen and oxygen atoms in total. The highest BCUT2D eigenvalue weighted by atomic mass is 16.5. The lowest BCUT2D eigenvalue weighted by Crippen LogP contribution is -1.98. The lowest BCUT2D eigenvalue weighted by atomic mass is 10.0. The molecule has 34 heavy (non-hydrogen) atoms. The first kappa shape index (κ1) is 23.9. The summed E-state index contributed by atoms with van der Waals surface area (Å²) in [5.74, 6) is 1.22. The Balaban J connectivity index is 0.000000192. The molecule has 0 atom stereocenters. The molecule has 8 heteroatoms. The second kappa shape index (κ2) is 10.3. The molecule has 0 radical (unpaired) electrons. The van der Waals surface area contributed by atoms with Crippen LogP contribution in [0.15, 0.2) is 72.8 Å². The minimum absolute atomic E-state index is 0.0221. The van der Waals surface area contributed by atoms with Crippen molar-refractivity contribution in [3.63, 3.8) is 0 Å². The quantitative estimate of drug-likeness (QED) is 0.192. The highest BCUT2D eigenvalue weighted by Crippen LogP contribution is 2.41. The van der Waals surface area contributed by atoms with Crippen molar-refractivity contribution < 1.29 is 19.7 Å². The van der Waals surface area contributed by atoms with E-state index < -0.39 is 0 Å². The Bertz CT molecular complexity index is 1240. The van der Waals surface area contributed by atoms with Crippen LogP contribution in [0.1, 0.15) is 0 Å². The molecule has 0 bridgehead atoms. The normalized spacial score (nSPS) is 10.2. The summed E-state index contributed by atoms with van der Waals surface area (Å²) >= 11 is 0. The molecule has 4 aromatic carbocycles. The van der Waals surface area contributed by atoms with Crippen LogP contribution in [0, 0.1) is 0 Å². The number of anilines is 4. The van der Waals surface area contributed by atoms with Gasteiger partial charge in [0.1, 0.15) is 11.5 Å². The van der Waals surface area contributed by atoms with Gasteiger partial charge >= 0.3 is 0 Å². The fourth-order valence-electron chi connectivity index (χ4n) is 3.33. The fraction of sp³-hybridized carbons (Fsp3) is 0.0769. The molecule has 4 aromatic rings. The zero-order valence-corrected chi connectivity index (χ0v) is 18.9. The van der Waals surface area contributed by atoms with Gasteiger partial charge in [0.05, 0.1) is 31.3 Å². The van der Waals surface area contributed by atoms with Gasteiger partial charge in [0.2, 0.25) is 0 Å². The Morgan fingerprint density at radius 3 is 1.41 bits per heavy atom. The van der Waals surface area contributed by atoms with Crippen LogP contribution in [0.5, 0.6) is 23.0 Å². The first-order valence-corrected chi connectivity index (χ1v) is 10.3. The number of methoxy groups -OCH3 is 2. The summed E-state index contributed by atoms with van der Waals surface area (Å²) in [6.45, 7) is 0. The van der Waals surface area contributed by atoms with Crippen molar-refractivity contribution in [2.75, 3.05) is 37.2 Å². The molecule has 0 fully saturated rings. The molecule has 10 N–H and O–H groups in total.